The van der Waals surface area contributed by atoms with Crippen molar-refractivity contribution in [2.24, 2.45) is 0 Å². The lowest BCUT2D eigenvalue weighted by molar-refractivity contribution is -0.126. The van der Waals surface area contributed by atoms with E-state index in [1.165, 1.54) is 18.1 Å². The zero-order valence-electron chi connectivity index (χ0n) is 23.1. The summed E-state index contributed by atoms with van der Waals surface area (Å²) in [6, 6.07) is 9.10. The van der Waals surface area contributed by atoms with E-state index in [0.29, 0.717) is 51.3 Å². The summed E-state index contributed by atoms with van der Waals surface area (Å²) in [6.07, 6.45) is 6.94. The first-order valence-corrected chi connectivity index (χ1v) is 14.2. The van der Waals surface area contributed by atoms with Crippen LogP contribution in [0.3, 0.4) is 0 Å². The molecule has 3 aliphatic heterocycles. The number of likely N-dealkylation sites (tertiary alicyclic amines) is 1. The van der Waals surface area contributed by atoms with Gasteiger partial charge in [-0.3, -0.25) is 9.59 Å². The number of carbonyl (C=O) groups excluding carboxylic acids is 2. The van der Waals surface area contributed by atoms with Gasteiger partial charge in [-0.2, -0.15) is 9.97 Å². The highest BCUT2D eigenvalue weighted by Gasteiger charge is 2.50. The first-order valence-electron chi connectivity index (χ1n) is 14.2. The number of anilines is 2. The van der Waals surface area contributed by atoms with Crippen molar-refractivity contribution in [1.29, 1.82) is 0 Å². The molecule has 2 saturated heterocycles. The standard InChI is InChI=1S/C30H38N6O3/c1-4-25(37)35-15-17-36(18-16-35)27-26-24(31-29(32-27)39-20-22-11-8-14-33(22)2)19-30(28(38)34(26)3)13-7-10-21-9-5-6-12-23(21)30/h4-6,9,12,22H,1,7-8,10-11,13-20H2,2-3H3/t22-,30?/m0/s1. The van der Waals surface area contributed by atoms with Crippen LogP contribution in [0, 0.1) is 0 Å². The fourth-order valence-corrected chi connectivity index (χ4v) is 6.96. The van der Waals surface area contributed by atoms with E-state index in [0.717, 1.165) is 55.0 Å². The molecule has 9 nitrogen and oxygen atoms in total. The molecule has 4 aliphatic rings. The van der Waals surface area contributed by atoms with Crippen molar-refractivity contribution >= 4 is 23.3 Å². The second kappa shape index (κ2) is 10.3. The molecule has 0 radical (unpaired) electrons. The maximum Gasteiger partial charge on any atom is 0.318 e. The number of carbonyl (C=O) groups is 2. The molecule has 2 fully saturated rings. The number of fused-ring (bicyclic) bond motifs is 3. The predicted octanol–water partition coefficient (Wildman–Crippen LogP) is 2.58. The lowest BCUT2D eigenvalue weighted by atomic mass is 9.65. The van der Waals surface area contributed by atoms with Crippen LogP contribution >= 0.6 is 0 Å². The molecule has 0 N–H and O–H groups in total. The Morgan fingerprint density at radius 1 is 1.13 bits per heavy atom. The Bertz CT molecular complexity index is 1290. The number of piperazine rings is 1. The minimum Gasteiger partial charge on any atom is -0.462 e. The van der Waals surface area contributed by atoms with Crippen molar-refractivity contribution < 1.29 is 14.3 Å². The highest BCUT2D eigenvalue weighted by Crippen LogP contribution is 2.48. The summed E-state index contributed by atoms with van der Waals surface area (Å²) in [5.41, 5.74) is 3.39. The smallest absolute Gasteiger partial charge is 0.318 e. The van der Waals surface area contributed by atoms with E-state index in [1.54, 1.807) is 9.80 Å². The van der Waals surface area contributed by atoms with Crippen molar-refractivity contribution in [3.63, 3.8) is 0 Å². The summed E-state index contributed by atoms with van der Waals surface area (Å²) in [5, 5.41) is 0. The van der Waals surface area contributed by atoms with Crippen LogP contribution in [0.2, 0.25) is 0 Å². The van der Waals surface area contributed by atoms with Crippen LogP contribution in [-0.2, 0) is 27.8 Å². The largest absolute Gasteiger partial charge is 0.462 e. The first kappa shape index (κ1) is 25.8. The average molecular weight is 531 g/mol. The molecule has 2 atom stereocenters. The Morgan fingerprint density at radius 2 is 1.92 bits per heavy atom. The first-order chi connectivity index (χ1) is 18.9. The second-order valence-electron chi connectivity index (χ2n) is 11.4. The Morgan fingerprint density at radius 3 is 2.67 bits per heavy atom. The Balaban J connectivity index is 1.38. The van der Waals surface area contributed by atoms with E-state index >= 15 is 0 Å². The summed E-state index contributed by atoms with van der Waals surface area (Å²) in [6.45, 7) is 7.62. The van der Waals surface area contributed by atoms with Crippen LogP contribution in [0.5, 0.6) is 6.01 Å². The van der Waals surface area contributed by atoms with Crippen LogP contribution in [-0.4, -0.2) is 91.0 Å². The van der Waals surface area contributed by atoms with E-state index in [1.807, 2.05) is 13.1 Å². The summed E-state index contributed by atoms with van der Waals surface area (Å²) in [4.78, 5) is 44.4. The minimum absolute atomic E-state index is 0.0609. The number of hydrogen-bond acceptors (Lipinski definition) is 7. The number of benzene rings is 1. The van der Waals surface area contributed by atoms with Crippen LogP contribution in [0.15, 0.2) is 36.9 Å². The number of aromatic nitrogens is 2. The van der Waals surface area contributed by atoms with Crippen LogP contribution in [0.1, 0.15) is 42.5 Å². The maximum absolute atomic E-state index is 14.2. The molecule has 39 heavy (non-hydrogen) atoms. The van der Waals surface area contributed by atoms with Crippen molar-refractivity contribution in [3.8, 4) is 6.01 Å². The summed E-state index contributed by atoms with van der Waals surface area (Å²) >= 11 is 0. The molecule has 2 amide bonds. The van der Waals surface area contributed by atoms with Gasteiger partial charge in [0, 0.05) is 45.7 Å². The van der Waals surface area contributed by atoms with Gasteiger partial charge in [-0.1, -0.05) is 30.8 Å². The molecular weight excluding hydrogens is 492 g/mol. The predicted molar refractivity (Wildman–Crippen MR) is 150 cm³/mol. The zero-order valence-corrected chi connectivity index (χ0v) is 23.1. The van der Waals surface area contributed by atoms with E-state index in [-0.39, 0.29) is 11.8 Å². The van der Waals surface area contributed by atoms with Crippen LogP contribution in [0.4, 0.5) is 11.5 Å². The summed E-state index contributed by atoms with van der Waals surface area (Å²) in [7, 11) is 3.99. The van der Waals surface area contributed by atoms with Gasteiger partial charge in [0.25, 0.3) is 0 Å². The molecular formula is C30H38N6O3. The van der Waals surface area contributed by atoms with E-state index in [2.05, 4.69) is 41.6 Å². The normalized spacial score (nSPS) is 25.0. The van der Waals surface area contributed by atoms with Gasteiger partial charge in [-0.05, 0) is 62.9 Å². The topological polar surface area (TPSA) is 82.1 Å². The number of amides is 2. The minimum atomic E-state index is -0.625. The number of nitrogens with zero attached hydrogens (tertiary/aromatic N) is 6. The molecule has 6 rings (SSSR count). The van der Waals surface area contributed by atoms with Crippen molar-refractivity contribution in [3.05, 3.63) is 53.7 Å². The number of ether oxygens (including phenoxy) is 1. The maximum atomic E-state index is 14.2. The molecule has 206 valence electrons. The lowest BCUT2D eigenvalue weighted by Crippen LogP contribution is -2.54. The lowest BCUT2D eigenvalue weighted by Gasteiger charge is -2.45. The monoisotopic (exact) mass is 530 g/mol. The molecule has 1 aromatic carbocycles. The van der Waals surface area contributed by atoms with E-state index in [9.17, 15) is 9.59 Å². The van der Waals surface area contributed by atoms with Gasteiger partial charge in [0.2, 0.25) is 11.8 Å². The van der Waals surface area contributed by atoms with Crippen molar-refractivity contribution in [2.45, 2.75) is 50.0 Å². The Labute approximate surface area is 230 Å². The highest BCUT2D eigenvalue weighted by molar-refractivity contribution is 6.06. The third kappa shape index (κ3) is 4.46. The SMILES string of the molecule is C=CC(=O)N1CCN(c2nc(OC[C@@H]3CCCN3C)nc3c2N(C)C(=O)C2(CCCc4ccccc42)C3)CC1. The van der Waals surface area contributed by atoms with Gasteiger partial charge < -0.3 is 24.3 Å². The summed E-state index contributed by atoms with van der Waals surface area (Å²) < 4.78 is 6.27. The number of hydrogen-bond donors (Lipinski definition) is 0. The van der Waals surface area contributed by atoms with Crippen LogP contribution < -0.4 is 14.5 Å². The van der Waals surface area contributed by atoms with Gasteiger partial charge in [0.05, 0.1) is 11.1 Å². The molecule has 1 spiro atoms. The third-order valence-corrected chi connectivity index (χ3v) is 9.16. The molecule has 0 saturated carbocycles. The fraction of sp³-hybridized carbons (Fsp3) is 0.533. The van der Waals surface area contributed by atoms with Gasteiger partial charge >= 0.3 is 6.01 Å². The van der Waals surface area contributed by atoms with Gasteiger partial charge in [0.1, 0.15) is 12.3 Å². The number of likely N-dealkylation sites (N-methyl/N-ethyl adjacent to an activating group) is 2. The second-order valence-corrected chi connectivity index (χ2v) is 11.4. The Hall–Kier alpha value is -3.46. The quantitative estimate of drug-likeness (QED) is 0.550. The van der Waals surface area contributed by atoms with Crippen molar-refractivity contribution in [2.75, 3.05) is 63.2 Å². The molecule has 1 aliphatic carbocycles. The van der Waals surface area contributed by atoms with E-state index in [4.69, 9.17) is 14.7 Å². The van der Waals surface area contributed by atoms with Gasteiger partial charge in [-0.15, -0.1) is 0 Å². The van der Waals surface area contributed by atoms with E-state index < -0.39 is 5.41 Å². The average Bonchev–Trinajstić information content (AvgIpc) is 3.38. The van der Waals surface area contributed by atoms with Gasteiger partial charge in [-0.25, -0.2) is 0 Å². The van der Waals surface area contributed by atoms with Crippen LogP contribution in [0.25, 0.3) is 0 Å². The third-order valence-electron chi connectivity index (χ3n) is 9.16. The number of aryl methyl sites for hydroxylation is 1. The number of rotatable bonds is 5. The molecule has 2 aromatic rings. The molecule has 1 unspecified atom stereocenters. The van der Waals surface area contributed by atoms with Gasteiger partial charge in [0.15, 0.2) is 5.82 Å². The Kier molecular flexibility index (Phi) is 6.79. The fourth-order valence-electron chi connectivity index (χ4n) is 6.96. The molecule has 4 heterocycles. The van der Waals surface area contributed by atoms with Crippen molar-refractivity contribution in [1.82, 2.24) is 19.8 Å². The summed E-state index contributed by atoms with van der Waals surface area (Å²) in [5.74, 6) is 0.762. The zero-order chi connectivity index (χ0) is 27.1. The highest BCUT2D eigenvalue weighted by atomic mass is 16.5. The molecule has 9 heteroatoms. The molecule has 0 bridgehead atoms. The molecule has 1 aromatic heterocycles.